The number of unbranched alkanes of at least 4 members (excludes halogenated alkanes) is 1. The van der Waals surface area contributed by atoms with Crippen molar-refractivity contribution in [2.24, 2.45) is 0 Å². The summed E-state index contributed by atoms with van der Waals surface area (Å²) in [5, 5.41) is 9.13. The molecule has 0 aliphatic rings. The topological polar surface area (TPSA) is 37.3 Å². The quantitative estimate of drug-likeness (QED) is 0.750. The van der Waals surface area contributed by atoms with E-state index in [2.05, 4.69) is 13.5 Å². The third-order valence-electron chi connectivity index (χ3n) is 2.62. The van der Waals surface area contributed by atoms with E-state index in [1.54, 1.807) is 12.2 Å². The maximum atomic E-state index is 11.1. The van der Waals surface area contributed by atoms with Gasteiger partial charge in [-0.2, -0.15) is 0 Å². The van der Waals surface area contributed by atoms with Crippen LogP contribution in [0.4, 0.5) is 0 Å². The van der Waals surface area contributed by atoms with Crippen molar-refractivity contribution in [3.8, 4) is 0 Å². The molecule has 1 aromatic carbocycles. The van der Waals surface area contributed by atoms with E-state index in [0.717, 1.165) is 24.0 Å². The molecule has 2 nitrogen and oxygen atoms in total. The Morgan fingerprint density at radius 1 is 1.35 bits per heavy atom. The first-order valence-corrected chi connectivity index (χ1v) is 5.84. The van der Waals surface area contributed by atoms with Gasteiger partial charge in [-0.3, -0.25) is 0 Å². The number of carbonyl (C=O) groups is 1. The Morgan fingerprint density at radius 2 is 2.00 bits per heavy atom. The molecule has 0 saturated carbocycles. The van der Waals surface area contributed by atoms with Gasteiger partial charge in [-0.05, 0) is 30.0 Å². The summed E-state index contributed by atoms with van der Waals surface area (Å²) in [6.07, 6.45) is 5.99. The first-order valence-electron chi connectivity index (χ1n) is 5.84. The number of hydrogen-bond acceptors (Lipinski definition) is 1. The lowest BCUT2D eigenvalue weighted by atomic mass is 10.0. The van der Waals surface area contributed by atoms with Crippen molar-refractivity contribution in [2.45, 2.75) is 26.2 Å². The van der Waals surface area contributed by atoms with Crippen LogP contribution in [0.15, 0.2) is 36.4 Å². The molecule has 0 heterocycles. The molecule has 0 spiro atoms. The zero-order valence-electron chi connectivity index (χ0n) is 10.1. The average Bonchev–Trinajstić information content (AvgIpc) is 2.34. The van der Waals surface area contributed by atoms with E-state index in [1.165, 1.54) is 0 Å². The predicted molar refractivity (Wildman–Crippen MR) is 71.7 cm³/mol. The van der Waals surface area contributed by atoms with Gasteiger partial charge in [0.2, 0.25) is 0 Å². The fraction of sp³-hybridized carbons (Fsp3) is 0.267. The van der Waals surface area contributed by atoms with Crippen molar-refractivity contribution in [1.29, 1.82) is 0 Å². The van der Waals surface area contributed by atoms with Crippen LogP contribution in [0.1, 0.15) is 37.3 Å². The Labute approximate surface area is 102 Å². The minimum atomic E-state index is -0.836. The molecule has 0 aliphatic carbocycles. The average molecular weight is 230 g/mol. The van der Waals surface area contributed by atoms with E-state index in [9.17, 15) is 4.79 Å². The van der Waals surface area contributed by atoms with Crippen LogP contribution < -0.4 is 0 Å². The highest BCUT2D eigenvalue weighted by Gasteiger charge is 2.07. The first-order chi connectivity index (χ1) is 8.19. The summed E-state index contributed by atoms with van der Waals surface area (Å²) < 4.78 is 0. The summed E-state index contributed by atoms with van der Waals surface area (Å²) in [7, 11) is 0. The molecule has 1 aromatic rings. The minimum Gasteiger partial charge on any atom is -0.478 e. The Morgan fingerprint density at radius 3 is 2.53 bits per heavy atom. The third-order valence-corrected chi connectivity index (χ3v) is 2.62. The lowest BCUT2D eigenvalue weighted by molar-refractivity contribution is -0.132. The summed E-state index contributed by atoms with van der Waals surface area (Å²) >= 11 is 0. The van der Waals surface area contributed by atoms with Crippen LogP contribution in [0.3, 0.4) is 0 Å². The van der Waals surface area contributed by atoms with Crippen molar-refractivity contribution in [3.05, 3.63) is 47.5 Å². The summed E-state index contributed by atoms with van der Waals surface area (Å²) in [5.41, 5.74) is 2.33. The van der Waals surface area contributed by atoms with Gasteiger partial charge in [0.15, 0.2) is 0 Å². The smallest absolute Gasteiger partial charge is 0.331 e. The second kappa shape index (κ2) is 6.69. The second-order valence-corrected chi connectivity index (χ2v) is 3.91. The molecule has 0 radical (unpaired) electrons. The van der Waals surface area contributed by atoms with Gasteiger partial charge < -0.3 is 5.11 Å². The Balaban J connectivity index is 3.03. The lowest BCUT2D eigenvalue weighted by Gasteiger charge is -2.04. The monoisotopic (exact) mass is 230 g/mol. The Kier molecular flexibility index (Phi) is 5.21. The zero-order valence-corrected chi connectivity index (χ0v) is 10.1. The van der Waals surface area contributed by atoms with Gasteiger partial charge in [-0.25, -0.2) is 4.79 Å². The van der Waals surface area contributed by atoms with Crippen LogP contribution in [0.25, 0.3) is 12.2 Å². The molecule has 0 amide bonds. The SMILES string of the molecule is C=Cc1ccccc1/C=C(\CCCC)C(=O)O. The molecule has 90 valence electrons. The van der Waals surface area contributed by atoms with Gasteiger partial charge in [-0.15, -0.1) is 0 Å². The van der Waals surface area contributed by atoms with E-state index in [1.807, 2.05) is 24.3 Å². The van der Waals surface area contributed by atoms with E-state index >= 15 is 0 Å². The largest absolute Gasteiger partial charge is 0.478 e. The summed E-state index contributed by atoms with van der Waals surface area (Å²) in [4.78, 5) is 11.1. The molecule has 0 saturated heterocycles. The standard InChI is InChI=1S/C15H18O2/c1-3-5-8-14(15(16)17)11-13-10-7-6-9-12(13)4-2/h4,6-7,9-11H,2-3,5,8H2,1H3,(H,16,17)/b14-11+. The maximum Gasteiger partial charge on any atom is 0.331 e. The molecule has 0 bridgehead atoms. The highest BCUT2D eigenvalue weighted by atomic mass is 16.4. The van der Waals surface area contributed by atoms with E-state index in [4.69, 9.17) is 5.11 Å². The van der Waals surface area contributed by atoms with Gasteiger partial charge >= 0.3 is 5.97 Å². The second-order valence-electron chi connectivity index (χ2n) is 3.91. The molecule has 0 atom stereocenters. The lowest BCUT2D eigenvalue weighted by Crippen LogP contribution is -2.00. The van der Waals surface area contributed by atoms with Gasteiger partial charge in [0, 0.05) is 5.57 Å². The fourth-order valence-electron chi connectivity index (χ4n) is 1.62. The van der Waals surface area contributed by atoms with Gasteiger partial charge in [0.05, 0.1) is 0 Å². The highest BCUT2D eigenvalue weighted by molar-refractivity contribution is 5.92. The molecule has 1 N–H and O–H groups in total. The number of benzene rings is 1. The Hall–Kier alpha value is -1.83. The molecule has 0 aliphatic heterocycles. The minimum absolute atomic E-state index is 0.459. The van der Waals surface area contributed by atoms with Crippen LogP contribution in [0.5, 0.6) is 0 Å². The van der Waals surface area contributed by atoms with Crippen molar-refractivity contribution in [3.63, 3.8) is 0 Å². The van der Waals surface area contributed by atoms with Crippen molar-refractivity contribution in [2.75, 3.05) is 0 Å². The molecule has 17 heavy (non-hydrogen) atoms. The number of aliphatic carboxylic acids is 1. The summed E-state index contributed by atoms with van der Waals surface area (Å²) in [6, 6.07) is 7.66. The predicted octanol–water partition coefficient (Wildman–Crippen LogP) is 3.99. The molecular weight excluding hydrogens is 212 g/mol. The first kappa shape index (κ1) is 13.2. The normalized spacial score (nSPS) is 11.2. The van der Waals surface area contributed by atoms with Crippen LogP contribution in [-0.2, 0) is 4.79 Å². The number of carboxylic acids is 1. The molecular formula is C15H18O2. The van der Waals surface area contributed by atoms with Crippen LogP contribution in [0, 0.1) is 0 Å². The summed E-state index contributed by atoms with van der Waals surface area (Å²) in [5.74, 6) is -0.836. The number of rotatable bonds is 6. The van der Waals surface area contributed by atoms with Crippen LogP contribution in [0.2, 0.25) is 0 Å². The molecule has 2 heteroatoms. The third kappa shape index (κ3) is 3.91. The molecule has 0 fully saturated rings. The van der Waals surface area contributed by atoms with Gasteiger partial charge in [-0.1, -0.05) is 50.3 Å². The van der Waals surface area contributed by atoms with E-state index in [0.29, 0.717) is 12.0 Å². The van der Waals surface area contributed by atoms with Crippen LogP contribution in [-0.4, -0.2) is 11.1 Å². The fourth-order valence-corrected chi connectivity index (χ4v) is 1.62. The molecule has 1 rings (SSSR count). The van der Waals surface area contributed by atoms with Gasteiger partial charge in [0.1, 0.15) is 0 Å². The maximum absolute atomic E-state index is 11.1. The van der Waals surface area contributed by atoms with Crippen molar-refractivity contribution >= 4 is 18.1 Å². The Bertz CT molecular complexity index is 430. The number of carboxylic acid groups (broad SMARTS) is 1. The van der Waals surface area contributed by atoms with Gasteiger partial charge in [0.25, 0.3) is 0 Å². The van der Waals surface area contributed by atoms with Crippen LogP contribution >= 0.6 is 0 Å². The highest BCUT2D eigenvalue weighted by Crippen LogP contribution is 2.17. The number of hydrogen-bond donors (Lipinski definition) is 1. The van der Waals surface area contributed by atoms with E-state index in [-0.39, 0.29) is 0 Å². The van der Waals surface area contributed by atoms with Crippen molar-refractivity contribution in [1.82, 2.24) is 0 Å². The zero-order chi connectivity index (χ0) is 12.7. The summed E-state index contributed by atoms with van der Waals surface area (Å²) in [6.45, 7) is 5.78. The van der Waals surface area contributed by atoms with Crippen molar-refractivity contribution < 1.29 is 9.90 Å². The molecule has 0 aromatic heterocycles. The molecule has 0 unspecified atom stereocenters. The van der Waals surface area contributed by atoms with E-state index < -0.39 is 5.97 Å².